The molecule has 0 saturated heterocycles. The first-order chi connectivity index (χ1) is 11.1. The highest BCUT2D eigenvalue weighted by atomic mass is 127. The molecule has 0 amide bonds. The molecule has 0 aliphatic carbocycles. The minimum atomic E-state index is 0. The van der Waals surface area contributed by atoms with Gasteiger partial charge in [0, 0.05) is 24.1 Å². The van der Waals surface area contributed by atoms with Gasteiger partial charge in [0.1, 0.15) is 17.6 Å². The van der Waals surface area contributed by atoms with Crippen LogP contribution in [0, 0.1) is 0 Å². The van der Waals surface area contributed by atoms with Crippen molar-refractivity contribution < 1.29 is 9.47 Å². The summed E-state index contributed by atoms with van der Waals surface area (Å²) in [7, 11) is 1.68. The van der Waals surface area contributed by atoms with Gasteiger partial charge in [-0.25, -0.2) is 4.99 Å². The molecule has 6 heteroatoms. The number of halogens is 1. The number of rotatable bonds is 8. The highest BCUT2D eigenvalue weighted by Gasteiger charge is 2.21. The number of nitrogens with two attached hydrogens (primary N) is 1. The normalized spacial score (nSPS) is 16.1. The second kappa shape index (κ2) is 10.6. The summed E-state index contributed by atoms with van der Waals surface area (Å²) in [6.45, 7) is 5.64. The van der Waals surface area contributed by atoms with Gasteiger partial charge in [0.15, 0.2) is 5.96 Å². The summed E-state index contributed by atoms with van der Waals surface area (Å²) >= 11 is 0. The lowest BCUT2D eigenvalue weighted by Gasteiger charge is -2.10. The number of aliphatic imine (C=N–C) groups is 1. The lowest BCUT2D eigenvalue weighted by atomic mass is 10.1. The van der Waals surface area contributed by atoms with E-state index in [1.165, 1.54) is 24.8 Å². The Morgan fingerprint density at radius 1 is 1.38 bits per heavy atom. The molecule has 1 aliphatic heterocycles. The summed E-state index contributed by atoms with van der Waals surface area (Å²) in [4.78, 5) is 4.41. The number of nitrogens with one attached hydrogen (secondary N) is 1. The maximum absolute atomic E-state index is 5.93. The van der Waals surface area contributed by atoms with Crippen LogP contribution >= 0.6 is 24.0 Å². The Labute approximate surface area is 162 Å². The Morgan fingerprint density at radius 3 is 2.88 bits per heavy atom. The summed E-state index contributed by atoms with van der Waals surface area (Å²) in [5.41, 5.74) is 8.12. The van der Waals surface area contributed by atoms with Crippen molar-refractivity contribution in [2.24, 2.45) is 10.7 Å². The summed E-state index contributed by atoms with van der Waals surface area (Å²) in [5, 5.41) is 3.16. The Kier molecular flexibility index (Phi) is 9.25. The predicted octanol–water partition coefficient (Wildman–Crippen LogP) is 3.62. The summed E-state index contributed by atoms with van der Waals surface area (Å²) in [5.74, 6) is 2.27. The van der Waals surface area contributed by atoms with Gasteiger partial charge in [-0.05, 0) is 25.5 Å². The van der Waals surface area contributed by atoms with Gasteiger partial charge in [-0.2, -0.15) is 0 Å². The van der Waals surface area contributed by atoms with Crippen LogP contribution in [0.5, 0.6) is 11.5 Å². The highest BCUT2D eigenvalue weighted by Crippen LogP contribution is 2.35. The fourth-order valence-corrected chi connectivity index (χ4v) is 2.79. The number of benzene rings is 1. The van der Waals surface area contributed by atoms with Gasteiger partial charge in [-0.1, -0.05) is 26.2 Å². The topological polar surface area (TPSA) is 68.9 Å². The number of nitrogens with zero attached hydrogens (tertiary/aromatic N) is 1. The molecule has 5 nitrogen and oxygen atoms in total. The maximum atomic E-state index is 5.93. The second-order valence-electron chi connectivity index (χ2n) is 6.09. The van der Waals surface area contributed by atoms with Crippen molar-refractivity contribution in [2.45, 2.75) is 58.6 Å². The van der Waals surface area contributed by atoms with E-state index >= 15 is 0 Å². The molecule has 3 N–H and O–H groups in total. The van der Waals surface area contributed by atoms with Crippen molar-refractivity contribution in [3.63, 3.8) is 0 Å². The molecule has 0 fully saturated rings. The van der Waals surface area contributed by atoms with Crippen molar-refractivity contribution in [3.05, 3.63) is 23.3 Å². The number of ether oxygens (including phenoxy) is 2. The van der Waals surface area contributed by atoms with Gasteiger partial charge in [-0.15, -0.1) is 24.0 Å². The molecular weight excluding hydrogens is 417 g/mol. The minimum absolute atomic E-state index is 0. The van der Waals surface area contributed by atoms with Crippen LogP contribution in [-0.4, -0.2) is 25.7 Å². The highest BCUT2D eigenvalue weighted by molar-refractivity contribution is 14.0. The number of fused-ring (bicyclic) bond motifs is 1. The largest absolute Gasteiger partial charge is 0.496 e. The molecule has 1 heterocycles. The first-order valence-corrected chi connectivity index (χ1v) is 8.54. The van der Waals surface area contributed by atoms with Crippen LogP contribution in [0.4, 0.5) is 0 Å². The SMILES string of the molecule is CCCCCCNC(N)=NCc1cc2c(cc1OC)CC(C)O2.I. The quantitative estimate of drug-likeness (QED) is 0.277. The molecule has 1 aromatic carbocycles. The lowest BCUT2D eigenvalue weighted by molar-refractivity contribution is 0.254. The third-order valence-electron chi connectivity index (χ3n) is 4.06. The van der Waals surface area contributed by atoms with Crippen LogP contribution in [0.2, 0.25) is 0 Å². The van der Waals surface area contributed by atoms with Crippen LogP contribution in [0.1, 0.15) is 50.7 Å². The maximum Gasteiger partial charge on any atom is 0.188 e. The van der Waals surface area contributed by atoms with Gasteiger partial charge in [0.25, 0.3) is 0 Å². The van der Waals surface area contributed by atoms with Crippen LogP contribution in [0.3, 0.4) is 0 Å². The fraction of sp³-hybridized carbons (Fsp3) is 0.611. The molecule has 0 aromatic heterocycles. The zero-order valence-corrected chi connectivity index (χ0v) is 17.3. The van der Waals surface area contributed by atoms with E-state index in [0.29, 0.717) is 12.5 Å². The average Bonchev–Trinajstić information content (AvgIpc) is 2.90. The van der Waals surface area contributed by atoms with E-state index in [1.807, 2.05) is 6.07 Å². The Bertz CT molecular complexity index is 549. The summed E-state index contributed by atoms with van der Waals surface area (Å²) in [6.07, 6.45) is 6.01. The molecule has 1 atom stereocenters. The second-order valence-corrected chi connectivity index (χ2v) is 6.09. The standard InChI is InChI=1S/C18H29N3O2.HI/c1-4-5-6-7-8-20-18(19)21-12-15-11-17-14(9-13(2)23-17)10-16(15)22-3;/h10-11,13H,4-9,12H2,1-3H3,(H3,19,20,21);1H. The molecule has 1 aliphatic rings. The van der Waals surface area contributed by atoms with Crippen molar-refractivity contribution in [1.29, 1.82) is 0 Å². The van der Waals surface area contributed by atoms with E-state index in [4.69, 9.17) is 15.2 Å². The van der Waals surface area contributed by atoms with Gasteiger partial charge in [-0.3, -0.25) is 0 Å². The number of guanidine groups is 1. The van der Waals surface area contributed by atoms with Gasteiger partial charge in [0.2, 0.25) is 0 Å². The Morgan fingerprint density at radius 2 is 2.17 bits per heavy atom. The van der Waals surface area contributed by atoms with Crippen LogP contribution in [0.25, 0.3) is 0 Å². The smallest absolute Gasteiger partial charge is 0.188 e. The zero-order chi connectivity index (χ0) is 16.7. The molecule has 0 spiro atoms. The van der Waals surface area contributed by atoms with Crippen molar-refractivity contribution in [3.8, 4) is 11.5 Å². The first kappa shape index (κ1) is 20.9. The van der Waals surface area contributed by atoms with Crippen molar-refractivity contribution in [1.82, 2.24) is 5.32 Å². The summed E-state index contributed by atoms with van der Waals surface area (Å²) in [6, 6.07) is 4.08. The fourth-order valence-electron chi connectivity index (χ4n) is 2.79. The average molecular weight is 447 g/mol. The number of hydrogen-bond donors (Lipinski definition) is 2. The van der Waals surface area contributed by atoms with Crippen LogP contribution < -0.4 is 20.5 Å². The first-order valence-electron chi connectivity index (χ1n) is 8.54. The molecule has 1 unspecified atom stereocenters. The van der Waals surface area contributed by atoms with E-state index in [9.17, 15) is 0 Å². The lowest BCUT2D eigenvalue weighted by Crippen LogP contribution is -2.32. The van der Waals surface area contributed by atoms with E-state index in [-0.39, 0.29) is 30.1 Å². The van der Waals surface area contributed by atoms with E-state index < -0.39 is 0 Å². The molecular formula is C18H30IN3O2. The van der Waals surface area contributed by atoms with Crippen LogP contribution in [-0.2, 0) is 13.0 Å². The van der Waals surface area contributed by atoms with Gasteiger partial charge >= 0.3 is 0 Å². The third-order valence-corrected chi connectivity index (χ3v) is 4.06. The van der Waals surface area contributed by atoms with E-state index in [1.54, 1.807) is 7.11 Å². The van der Waals surface area contributed by atoms with Crippen molar-refractivity contribution >= 4 is 29.9 Å². The third kappa shape index (κ3) is 6.03. The molecule has 24 heavy (non-hydrogen) atoms. The van der Waals surface area contributed by atoms with Gasteiger partial charge in [0.05, 0.1) is 13.7 Å². The Balaban J connectivity index is 0.00000288. The van der Waals surface area contributed by atoms with Crippen LogP contribution in [0.15, 0.2) is 17.1 Å². The molecule has 136 valence electrons. The molecule has 0 bridgehead atoms. The number of hydrogen-bond acceptors (Lipinski definition) is 3. The van der Waals surface area contributed by atoms with E-state index in [0.717, 1.165) is 36.4 Å². The summed E-state index contributed by atoms with van der Waals surface area (Å²) < 4.78 is 11.3. The monoisotopic (exact) mass is 447 g/mol. The Hall–Kier alpha value is -1.18. The molecule has 2 rings (SSSR count). The van der Waals surface area contributed by atoms with Crippen molar-refractivity contribution in [2.75, 3.05) is 13.7 Å². The molecule has 0 saturated carbocycles. The minimum Gasteiger partial charge on any atom is -0.496 e. The molecule has 0 radical (unpaired) electrons. The molecule has 1 aromatic rings. The zero-order valence-electron chi connectivity index (χ0n) is 14.9. The number of unbranched alkanes of at least 4 members (excludes halogenated alkanes) is 3. The van der Waals surface area contributed by atoms with Gasteiger partial charge < -0.3 is 20.5 Å². The predicted molar refractivity (Wildman–Crippen MR) is 110 cm³/mol. The number of methoxy groups -OCH3 is 1. The van der Waals surface area contributed by atoms with E-state index in [2.05, 4.69) is 30.2 Å².